The number of hydrazine groups is 1. The van der Waals surface area contributed by atoms with Gasteiger partial charge in [0.15, 0.2) is 0 Å². The van der Waals surface area contributed by atoms with E-state index in [1.165, 1.54) is 7.11 Å². The predicted octanol–water partition coefficient (Wildman–Crippen LogP) is 3.19. The van der Waals surface area contributed by atoms with Crippen molar-refractivity contribution in [1.82, 2.24) is 0 Å². The molecule has 0 aliphatic carbocycles. The lowest BCUT2D eigenvalue weighted by atomic mass is 10.1. The van der Waals surface area contributed by atoms with Crippen LogP contribution in [0.2, 0.25) is 5.02 Å². The average molecular weight is 306 g/mol. The van der Waals surface area contributed by atoms with Crippen LogP contribution < -0.4 is 21.3 Å². The third-order valence-corrected chi connectivity index (χ3v) is 3.34. The van der Waals surface area contributed by atoms with Gasteiger partial charge in [-0.3, -0.25) is 10.6 Å². The van der Waals surface area contributed by atoms with Crippen LogP contribution in [0.3, 0.4) is 0 Å². The number of hydrogen-bond donors (Lipinski definition) is 3. The van der Waals surface area contributed by atoms with Gasteiger partial charge in [0.2, 0.25) is 0 Å². The molecule has 0 fully saturated rings. The fourth-order valence-electron chi connectivity index (χ4n) is 1.95. The predicted molar refractivity (Wildman–Crippen MR) is 84.9 cm³/mol. The summed E-state index contributed by atoms with van der Waals surface area (Å²) in [6.07, 6.45) is 0. The zero-order valence-electron chi connectivity index (χ0n) is 11.7. The van der Waals surface area contributed by atoms with Gasteiger partial charge >= 0.3 is 0 Å². The molecule has 0 aliphatic heterocycles. The van der Waals surface area contributed by atoms with Crippen molar-refractivity contribution in [3.63, 3.8) is 0 Å². The van der Waals surface area contributed by atoms with Crippen LogP contribution in [-0.2, 0) is 0 Å². The van der Waals surface area contributed by atoms with E-state index in [1.54, 1.807) is 36.4 Å². The first kappa shape index (κ1) is 15.2. The minimum absolute atomic E-state index is 0.211. The molecule has 0 saturated carbocycles. The molecule has 0 heterocycles. The molecule has 4 N–H and O–H groups in total. The molecule has 2 aromatic rings. The Balaban J connectivity index is 2.20. The SMILES string of the molecule is COc1ccc(NC(=O)c2ccc(NN)cc2C)cc1Cl. The second-order valence-electron chi connectivity index (χ2n) is 4.48. The fourth-order valence-corrected chi connectivity index (χ4v) is 2.21. The molecule has 0 saturated heterocycles. The molecule has 110 valence electrons. The summed E-state index contributed by atoms with van der Waals surface area (Å²) in [5.74, 6) is 5.68. The van der Waals surface area contributed by atoms with Crippen LogP contribution in [-0.4, -0.2) is 13.0 Å². The molecule has 2 rings (SSSR count). The summed E-state index contributed by atoms with van der Waals surface area (Å²) in [4.78, 5) is 12.3. The van der Waals surface area contributed by atoms with Crippen LogP contribution in [0.1, 0.15) is 15.9 Å². The second-order valence-corrected chi connectivity index (χ2v) is 4.88. The summed E-state index contributed by atoms with van der Waals surface area (Å²) in [7, 11) is 1.54. The summed E-state index contributed by atoms with van der Waals surface area (Å²) < 4.78 is 5.07. The van der Waals surface area contributed by atoms with Gasteiger partial charge < -0.3 is 15.5 Å². The van der Waals surface area contributed by atoms with Gasteiger partial charge in [-0.2, -0.15) is 0 Å². The van der Waals surface area contributed by atoms with E-state index < -0.39 is 0 Å². The molecular formula is C15H16ClN3O2. The highest BCUT2D eigenvalue weighted by atomic mass is 35.5. The lowest BCUT2D eigenvalue weighted by Gasteiger charge is -2.10. The van der Waals surface area contributed by atoms with Gasteiger partial charge in [0, 0.05) is 16.9 Å². The summed E-state index contributed by atoms with van der Waals surface area (Å²) in [5.41, 5.74) is 5.28. The Morgan fingerprint density at radius 2 is 1.90 bits per heavy atom. The number of rotatable bonds is 4. The summed E-state index contributed by atoms with van der Waals surface area (Å²) in [6, 6.07) is 10.3. The third-order valence-electron chi connectivity index (χ3n) is 3.05. The number of aryl methyl sites for hydroxylation is 1. The van der Waals surface area contributed by atoms with Gasteiger partial charge in [-0.1, -0.05) is 11.6 Å². The van der Waals surface area contributed by atoms with E-state index in [1.807, 2.05) is 6.92 Å². The molecular weight excluding hydrogens is 290 g/mol. The first-order valence-electron chi connectivity index (χ1n) is 6.27. The second kappa shape index (κ2) is 6.47. The lowest BCUT2D eigenvalue weighted by molar-refractivity contribution is 0.102. The minimum atomic E-state index is -0.211. The van der Waals surface area contributed by atoms with Crippen LogP contribution in [0.15, 0.2) is 36.4 Å². The van der Waals surface area contributed by atoms with Gasteiger partial charge in [0.1, 0.15) is 5.75 Å². The highest BCUT2D eigenvalue weighted by Gasteiger charge is 2.11. The van der Waals surface area contributed by atoms with E-state index >= 15 is 0 Å². The van der Waals surface area contributed by atoms with Gasteiger partial charge in [-0.25, -0.2) is 0 Å². The lowest BCUT2D eigenvalue weighted by Crippen LogP contribution is -2.14. The van der Waals surface area contributed by atoms with Crippen molar-refractivity contribution in [3.05, 3.63) is 52.5 Å². The number of amides is 1. The van der Waals surface area contributed by atoms with Crippen LogP contribution in [0, 0.1) is 6.92 Å². The molecule has 0 radical (unpaired) electrons. The number of anilines is 2. The molecule has 0 bridgehead atoms. The maximum Gasteiger partial charge on any atom is 0.255 e. The Hall–Kier alpha value is -2.24. The van der Waals surface area contributed by atoms with Gasteiger partial charge in [0.05, 0.1) is 12.1 Å². The van der Waals surface area contributed by atoms with Crippen molar-refractivity contribution in [3.8, 4) is 5.75 Å². The van der Waals surface area contributed by atoms with Gasteiger partial charge in [0.25, 0.3) is 5.91 Å². The van der Waals surface area contributed by atoms with Crippen molar-refractivity contribution in [1.29, 1.82) is 0 Å². The van der Waals surface area contributed by atoms with Crippen LogP contribution in [0.5, 0.6) is 5.75 Å². The molecule has 2 aromatic carbocycles. The smallest absolute Gasteiger partial charge is 0.255 e. The first-order valence-corrected chi connectivity index (χ1v) is 6.65. The monoisotopic (exact) mass is 305 g/mol. The normalized spacial score (nSPS) is 10.1. The highest BCUT2D eigenvalue weighted by Crippen LogP contribution is 2.27. The number of ether oxygens (including phenoxy) is 1. The van der Waals surface area contributed by atoms with E-state index in [-0.39, 0.29) is 5.91 Å². The van der Waals surface area contributed by atoms with Gasteiger partial charge in [-0.05, 0) is 48.9 Å². The molecule has 6 heteroatoms. The van der Waals surface area contributed by atoms with Gasteiger partial charge in [-0.15, -0.1) is 0 Å². The molecule has 0 spiro atoms. The van der Waals surface area contributed by atoms with Crippen molar-refractivity contribution >= 4 is 28.9 Å². The quantitative estimate of drug-likeness (QED) is 0.599. The molecule has 5 nitrogen and oxygen atoms in total. The van der Waals surface area contributed by atoms with E-state index in [9.17, 15) is 4.79 Å². The number of nitrogen functional groups attached to an aromatic ring is 1. The van der Waals surface area contributed by atoms with Crippen molar-refractivity contribution in [2.24, 2.45) is 5.84 Å². The molecule has 0 atom stereocenters. The van der Waals surface area contributed by atoms with E-state index in [4.69, 9.17) is 22.2 Å². The maximum atomic E-state index is 12.3. The number of halogens is 1. The Morgan fingerprint density at radius 1 is 1.19 bits per heavy atom. The number of methoxy groups -OCH3 is 1. The van der Waals surface area contributed by atoms with E-state index in [0.29, 0.717) is 22.0 Å². The maximum absolute atomic E-state index is 12.3. The van der Waals surface area contributed by atoms with Crippen molar-refractivity contribution in [2.75, 3.05) is 17.9 Å². The zero-order valence-corrected chi connectivity index (χ0v) is 12.5. The number of nitrogens with two attached hydrogens (primary N) is 1. The first-order chi connectivity index (χ1) is 10.0. The summed E-state index contributed by atoms with van der Waals surface area (Å²) in [6.45, 7) is 1.84. The number of carbonyl (C=O) groups excluding carboxylic acids is 1. The molecule has 0 aromatic heterocycles. The van der Waals surface area contributed by atoms with Crippen LogP contribution >= 0.6 is 11.6 Å². The van der Waals surface area contributed by atoms with Crippen molar-refractivity contribution < 1.29 is 9.53 Å². The Kier molecular flexibility index (Phi) is 4.67. The fraction of sp³-hybridized carbons (Fsp3) is 0.133. The Morgan fingerprint density at radius 3 is 2.48 bits per heavy atom. The molecule has 1 amide bonds. The minimum Gasteiger partial charge on any atom is -0.495 e. The molecule has 21 heavy (non-hydrogen) atoms. The largest absolute Gasteiger partial charge is 0.495 e. The van der Waals surface area contributed by atoms with E-state index in [0.717, 1.165) is 11.3 Å². The zero-order chi connectivity index (χ0) is 15.4. The number of benzene rings is 2. The standard InChI is InChI=1S/C15H16ClN3O2/c1-9-7-11(19-17)3-5-12(9)15(20)18-10-4-6-14(21-2)13(16)8-10/h3-8,19H,17H2,1-2H3,(H,18,20). The van der Waals surface area contributed by atoms with Crippen LogP contribution in [0.25, 0.3) is 0 Å². The molecule has 0 aliphatic rings. The Labute approximate surface area is 128 Å². The third kappa shape index (κ3) is 3.45. The van der Waals surface area contributed by atoms with Crippen molar-refractivity contribution in [2.45, 2.75) is 6.92 Å². The Bertz CT molecular complexity index is 674. The summed E-state index contributed by atoms with van der Waals surface area (Å²) in [5, 5.41) is 3.24. The number of nitrogens with one attached hydrogen (secondary N) is 2. The highest BCUT2D eigenvalue weighted by molar-refractivity contribution is 6.32. The van der Waals surface area contributed by atoms with Crippen LogP contribution in [0.4, 0.5) is 11.4 Å². The topological polar surface area (TPSA) is 76.4 Å². The van der Waals surface area contributed by atoms with E-state index in [2.05, 4.69) is 10.7 Å². The average Bonchev–Trinajstić information content (AvgIpc) is 2.47. The molecule has 0 unspecified atom stereocenters. The number of carbonyl (C=O) groups is 1. The summed E-state index contributed by atoms with van der Waals surface area (Å²) >= 11 is 6.03. The number of hydrogen-bond acceptors (Lipinski definition) is 4.